The monoisotopic (exact) mass is 575 g/mol. The molecule has 1 unspecified atom stereocenters. The van der Waals surface area contributed by atoms with Crippen molar-refractivity contribution in [2.75, 3.05) is 6.54 Å². The van der Waals surface area contributed by atoms with E-state index in [0.29, 0.717) is 40.0 Å². The van der Waals surface area contributed by atoms with E-state index in [-0.39, 0.29) is 11.3 Å². The van der Waals surface area contributed by atoms with Crippen LogP contribution in [0.1, 0.15) is 132 Å². The molecule has 6 aliphatic rings. The predicted octanol–water partition coefficient (Wildman–Crippen LogP) is 9.74. The van der Waals surface area contributed by atoms with Crippen molar-refractivity contribution in [1.29, 1.82) is 0 Å². The molecule has 0 amide bonds. The van der Waals surface area contributed by atoms with Gasteiger partial charge in [-0.25, -0.2) is 0 Å². The molecule has 0 bridgehead atoms. The van der Waals surface area contributed by atoms with Gasteiger partial charge in [0, 0.05) is 5.54 Å². The molecule has 4 saturated carbocycles. The van der Waals surface area contributed by atoms with Crippen LogP contribution in [0.2, 0.25) is 0 Å². The van der Waals surface area contributed by atoms with Crippen LogP contribution in [0.15, 0.2) is 35.5 Å². The van der Waals surface area contributed by atoms with E-state index < -0.39 is 5.97 Å². The summed E-state index contributed by atoms with van der Waals surface area (Å²) in [5, 5.41) is 13.7. The largest absolute Gasteiger partial charge is 0.481 e. The highest BCUT2D eigenvalue weighted by Crippen LogP contribution is 2.76. The molecule has 2 N–H and O–H groups in total. The zero-order valence-electron chi connectivity index (χ0n) is 28.1. The van der Waals surface area contributed by atoms with Gasteiger partial charge in [-0.15, -0.1) is 0 Å². The van der Waals surface area contributed by atoms with Crippen LogP contribution in [-0.4, -0.2) is 23.2 Å². The molecule has 0 aromatic rings. The second-order valence-electron chi connectivity index (χ2n) is 17.4. The van der Waals surface area contributed by atoms with Crippen LogP contribution in [0.25, 0.3) is 0 Å². The number of carboxylic acid groups (broad SMARTS) is 1. The molecular formula is C39H61NO2. The average Bonchev–Trinajstić information content (AvgIpc) is 3.32. The minimum absolute atomic E-state index is 0.135. The minimum Gasteiger partial charge on any atom is -0.481 e. The first-order valence-electron chi connectivity index (χ1n) is 17.8. The number of carboxylic acids is 1. The molecule has 0 saturated heterocycles. The summed E-state index contributed by atoms with van der Waals surface area (Å²) in [6.45, 7) is 23.6. The highest BCUT2D eigenvalue weighted by molar-refractivity contribution is 5.70. The molecule has 6 rings (SSSR count). The SMILES string of the molecule is C=C(C)[C@@H]1CC[C@]2(NCCC)CC[C@]3(C)[C@H](CC[C@@H]4[C@@]5(C)CC=C(C6=CCC(C(=O)O)CC6)C(C)(C)[C@@H]5CC[C@]43C)[C@@H]12. The number of fused-ring (bicyclic) bond motifs is 7. The molecule has 0 radical (unpaired) electrons. The third kappa shape index (κ3) is 4.17. The maximum absolute atomic E-state index is 11.6. The van der Waals surface area contributed by atoms with E-state index in [9.17, 15) is 9.90 Å². The Labute approximate surface area is 257 Å². The van der Waals surface area contributed by atoms with Gasteiger partial charge in [-0.3, -0.25) is 4.79 Å². The van der Waals surface area contributed by atoms with Crippen molar-refractivity contribution >= 4 is 5.97 Å². The van der Waals surface area contributed by atoms with Crippen LogP contribution in [0.4, 0.5) is 0 Å². The Hall–Kier alpha value is -1.35. The fraction of sp³-hybridized carbons (Fsp3) is 0.821. The van der Waals surface area contributed by atoms with Crippen LogP contribution in [0, 0.1) is 57.2 Å². The molecule has 3 nitrogen and oxygen atoms in total. The summed E-state index contributed by atoms with van der Waals surface area (Å²) >= 11 is 0. The summed E-state index contributed by atoms with van der Waals surface area (Å²) in [4.78, 5) is 11.6. The molecule has 0 spiro atoms. The van der Waals surface area contributed by atoms with Gasteiger partial charge in [0.1, 0.15) is 0 Å². The van der Waals surface area contributed by atoms with Crippen molar-refractivity contribution in [3.8, 4) is 0 Å². The molecule has 0 aliphatic heterocycles. The topological polar surface area (TPSA) is 49.3 Å². The maximum Gasteiger partial charge on any atom is 0.306 e. The lowest BCUT2D eigenvalue weighted by Crippen LogP contribution is -2.68. The molecule has 42 heavy (non-hydrogen) atoms. The molecule has 10 atom stereocenters. The summed E-state index contributed by atoms with van der Waals surface area (Å²) in [6, 6.07) is 0. The Balaban J connectivity index is 1.33. The molecule has 3 heteroatoms. The number of allylic oxidation sites excluding steroid dienone is 5. The Morgan fingerprint density at radius 3 is 2.36 bits per heavy atom. The van der Waals surface area contributed by atoms with E-state index in [1.165, 1.54) is 75.4 Å². The Morgan fingerprint density at radius 2 is 1.71 bits per heavy atom. The number of rotatable bonds is 6. The number of hydrogen-bond donors (Lipinski definition) is 2. The van der Waals surface area contributed by atoms with E-state index in [1.54, 1.807) is 5.57 Å². The van der Waals surface area contributed by atoms with E-state index in [2.05, 4.69) is 72.5 Å². The van der Waals surface area contributed by atoms with Gasteiger partial charge in [-0.2, -0.15) is 0 Å². The summed E-state index contributed by atoms with van der Waals surface area (Å²) in [5.74, 6) is 2.83. The number of aliphatic carboxylic acids is 1. The Morgan fingerprint density at radius 1 is 0.952 bits per heavy atom. The van der Waals surface area contributed by atoms with Crippen LogP contribution in [0.3, 0.4) is 0 Å². The van der Waals surface area contributed by atoms with E-state index in [0.717, 1.165) is 37.1 Å². The third-order valence-electron chi connectivity index (χ3n) is 15.5. The summed E-state index contributed by atoms with van der Waals surface area (Å²) in [7, 11) is 0. The number of carbonyl (C=O) groups is 1. The number of nitrogens with one attached hydrogen (secondary N) is 1. The van der Waals surface area contributed by atoms with E-state index in [4.69, 9.17) is 0 Å². The van der Waals surface area contributed by atoms with Gasteiger partial charge < -0.3 is 10.4 Å². The van der Waals surface area contributed by atoms with E-state index >= 15 is 0 Å². The zero-order chi connectivity index (χ0) is 30.3. The van der Waals surface area contributed by atoms with Gasteiger partial charge in [0.15, 0.2) is 0 Å². The molecule has 0 aromatic carbocycles. The van der Waals surface area contributed by atoms with E-state index in [1.807, 2.05) is 0 Å². The van der Waals surface area contributed by atoms with Gasteiger partial charge in [0.05, 0.1) is 5.92 Å². The lowest BCUT2D eigenvalue weighted by molar-refractivity contribution is -0.221. The third-order valence-corrected chi connectivity index (χ3v) is 15.5. The first-order chi connectivity index (χ1) is 19.7. The first kappa shape index (κ1) is 30.7. The van der Waals surface area contributed by atoms with Crippen molar-refractivity contribution in [1.82, 2.24) is 5.32 Å². The van der Waals surface area contributed by atoms with Crippen molar-refractivity contribution in [2.45, 2.75) is 137 Å². The standard InChI is InChI=1S/C39H61NO2/c1-9-24-40-39-21-16-28(25(2)3)33(39)30-14-15-32-36(6)19-17-29(26-10-12-27(13-11-26)34(41)42)35(4,5)31(36)18-20-38(32,8)37(30,7)22-23-39/h10,17,27-28,30-33,40H,2,9,11-16,18-24H2,1,3-8H3,(H,41,42)/t27?,28-,30+,31-,32+,33+,36-,37+,38+,39-/m0/s1. The van der Waals surface area contributed by atoms with Gasteiger partial charge in [0.25, 0.3) is 0 Å². The second-order valence-corrected chi connectivity index (χ2v) is 17.4. The van der Waals surface area contributed by atoms with Gasteiger partial charge in [0.2, 0.25) is 0 Å². The van der Waals surface area contributed by atoms with Gasteiger partial charge >= 0.3 is 5.97 Å². The maximum atomic E-state index is 11.6. The number of hydrogen-bond acceptors (Lipinski definition) is 2. The van der Waals surface area contributed by atoms with Crippen LogP contribution in [0.5, 0.6) is 0 Å². The molecule has 234 valence electrons. The highest BCUT2D eigenvalue weighted by atomic mass is 16.4. The summed E-state index contributed by atoms with van der Waals surface area (Å²) in [5.41, 5.74) is 5.99. The molecule has 0 aromatic heterocycles. The van der Waals surface area contributed by atoms with Gasteiger partial charge in [-0.05, 0) is 159 Å². The molecule has 4 fully saturated rings. The Kier molecular flexibility index (Phi) is 7.56. The average molecular weight is 576 g/mol. The first-order valence-corrected chi connectivity index (χ1v) is 17.8. The quantitative estimate of drug-likeness (QED) is 0.310. The predicted molar refractivity (Wildman–Crippen MR) is 174 cm³/mol. The van der Waals surface area contributed by atoms with Crippen molar-refractivity contribution in [2.24, 2.45) is 57.2 Å². The lowest BCUT2D eigenvalue weighted by Gasteiger charge is -2.72. The fourth-order valence-corrected chi connectivity index (χ4v) is 13.3. The van der Waals surface area contributed by atoms with Crippen molar-refractivity contribution in [3.63, 3.8) is 0 Å². The summed E-state index contributed by atoms with van der Waals surface area (Å²) in [6.07, 6.45) is 20.6. The molecule has 0 heterocycles. The zero-order valence-corrected chi connectivity index (χ0v) is 28.1. The second kappa shape index (κ2) is 10.3. The smallest absolute Gasteiger partial charge is 0.306 e. The lowest BCUT2D eigenvalue weighted by atomic mass is 9.33. The fourth-order valence-electron chi connectivity index (χ4n) is 13.3. The molecular weight excluding hydrogens is 514 g/mol. The van der Waals surface area contributed by atoms with Crippen LogP contribution >= 0.6 is 0 Å². The normalized spacial score (nSPS) is 47.7. The van der Waals surface area contributed by atoms with Crippen LogP contribution < -0.4 is 5.32 Å². The Bertz CT molecular complexity index is 1180. The summed E-state index contributed by atoms with van der Waals surface area (Å²) < 4.78 is 0. The highest BCUT2D eigenvalue weighted by Gasteiger charge is 2.70. The molecule has 6 aliphatic carbocycles. The van der Waals surface area contributed by atoms with Gasteiger partial charge in [-0.1, -0.05) is 65.8 Å². The van der Waals surface area contributed by atoms with Crippen molar-refractivity contribution < 1.29 is 9.90 Å². The van der Waals surface area contributed by atoms with Crippen molar-refractivity contribution in [3.05, 3.63) is 35.5 Å². The minimum atomic E-state index is -0.626. The van der Waals surface area contributed by atoms with Crippen LogP contribution in [-0.2, 0) is 4.79 Å².